The van der Waals surface area contributed by atoms with Gasteiger partial charge in [-0.15, -0.1) is 0 Å². The summed E-state index contributed by atoms with van der Waals surface area (Å²) in [7, 11) is 0. The highest BCUT2D eigenvalue weighted by atomic mass is 16.5. The van der Waals surface area contributed by atoms with Gasteiger partial charge in [0.15, 0.2) is 0 Å². The summed E-state index contributed by atoms with van der Waals surface area (Å²) in [6, 6.07) is 1.86. The number of carbonyl (C=O) groups is 1. The molecule has 3 atom stereocenters. The first-order valence-corrected chi connectivity index (χ1v) is 9.40. The lowest BCUT2D eigenvalue weighted by molar-refractivity contribution is 0.0690. The predicted molar refractivity (Wildman–Crippen MR) is 97.6 cm³/mol. The van der Waals surface area contributed by atoms with Crippen LogP contribution >= 0.6 is 0 Å². The normalized spacial score (nSPS) is 24.8. The Morgan fingerprint density at radius 3 is 2.80 bits per heavy atom. The number of phenols is 1. The Bertz CT molecular complexity index is 704. The number of hydrogen-bond donors (Lipinski definition) is 2. The molecule has 3 rings (SSSR count). The van der Waals surface area contributed by atoms with E-state index in [-0.39, 0.29) is 29.3 Å². The van der Waals surface area contributed by atoms with Crippen molar-refractivity contribution in [3.05, 3.63) is 34.4 Å². The van der Waals surface area contributed by atoms with Crippen LogP contribution in [-0.4, -0.2) is 22.3 Å². The number of ether oxygens (including phenoxy) is 1. The summed E-state index contributed by atoms with van der Waals surface area (Å²) in [6.45, 7) is 6.30. The molecule has 0 radical (unpaired) electrons. The highest BCUT2D eigenvalue weighted by molar-refractivity contribution is 5.94. The average Bonchev–Trinajstić information content (AvgIpc) is 2.54. The number of carboxylic acid groups (broad SMARTS) is 1. The third kappa shape index (κ3) is 3.26. The van der Waals surface area contributed by atoms with Gasteiger partial charge in [-0.25, -0.2) is 4.79 Å². The molecule has 1 heterocycles. The number of carboxylic acids is 1. The van der Waals surface area contributed by atoms with Crippen molar-refractivity contribution in [2.75, 3.05) is 0 Å². The van der Waals surface area contributed by atoms with E-state index in [4.69, 9.17) is 4.74 Å². The second kappa shape index (κ2) is 7.11. The van der Waals surface area contributed by atoms with E-state index >= 15 is 0 Å². The number of allylic oxidation sites excluding steroid dienone is 2. The number of hydrogen-bond acceptors (Lipinski definition) is 3. The maximum Gasteiger partial charge on any atom is 0.339 e. The van der Waals surface area contributed by atoms with Crippen LogP contribution in [-0.2, 0) is 6.42 Å². The van der Waals surface area contributed by atoms with Crippen molar-refractivity contribution in [3.63, 3.8) is 0 Å². The summed E-state index contributed by atoms with van der Waals surface area (Å²) < 4.78 is 6.12. The molecule has 1 aromatic rings. The molecule has 0 aromatic heterocycles. The molecular weight excluding hydrogens is 316 g/mol. The molecule has 0 saturated carbocycles. The van der Waals surface area contributed by atoms with Gasteiger partial charge < -0.3 is 14.9 Å². The van der Waals surface area contributed by atoms with Gasteiger partial charge in [-0.3, -0.25) is 0 Å². The zero-order chi connectivity index (χ0) is 18.1. The quantitative estimate of drug-likeness (QED) is 0.580. The van der Waals surface area contributed by atoms with E-state index in [1.54, 1.807) is 0 Å². The first-order valence-electron chi connectivity index (χ1n) is 9.40. The fraction of sp³-hybridized carbons (Fsp3) is 0.571. The topological polar surface area (TPSA) is 66.8 Å². The molecule has 0 bridgehead atoms. The number of aryl methyl sites for hydroxylation is 1. The summed E-state index contributed by atoms with van der Waals surface area (Å²) in [5, 5.41) is 20.6. The van der Waals surface area contributed by atoms with Crippen LogP contribution in [0, 0.1) is 5.92 Å². The van der Waals surface area contributed by atoms with Crippen LogP contribution in [0.1, 0.15) is 80.3 Å². The largest absolute Gasteiger partial charge is 0.507 e. The molecule has 0 saturated heterocycles. The molecule has 25 heavy (non-hydrogen) atoms. The lowest BCUT2D eigenvalue weighted by Gasteiger charge is -2.40. The van der Waals surface area contributed by atoms with E-state index in [1.807, 2.05) is 6.07 Å². The summed E-state index contributed by atoms with van der Waals surface area (Å²) in [5.74, 6) is -0.165. The summed E-state index contributed by atoms with van der Waals surface area (Å²) in [6.07, 6.45) is 7.97. The van der Waals surface area contributed by atoms with Gasteiger partial charge in [0.1, 0.15) is 17.1 Å². The minimum atomic E-state index is -1.06. The highest BCUT2D eigenvalue weighted by Crippen LogP contribution is 2.51. The third-order valence-electron chi connectivity index (χ3n) is 5.69. The molecule has 0 spiro atoms. The highest BCUT2D eigenvalue weighted by Gasteiger charge is 2.40. The number of fused-ring (bicyclic) bond motifs is 3. The van der Waals surface area contributed by atoms with Gasteiger partial charge in [0, 0.05) is 17.4 Å². The summed E-state index contributed by atoms with van der Waals surface area (Å²) in [4.78, 5) is 11.8. The summed E-state index contributed by atoms with van der Waals surface area (Å²) in [5.41, 5.74) is 2.70. The van der Waals surface area contributed by atoms with Gasteiger partial charge in [0.2, 0.25) is 0 Å². The first kappa shape index (κ1) is 17.8. The van der Waals surface area contributed by atoms with E-state index in [2.05, 4.69) is 26.8 Å². The Kier molecular flexibility index (Phi) is 5.07. The fourth-order valence-corrected chi connectivity index (χ4v) is 4.33. The molecule has 1 unspecified atom stereocenters. The monoisotopic (exact) mass is 344 g/mol. The Balaban J connectivity index is 2.11. The van der Waals surface area contributed by atoms with E-state index < -0.39 is 5.97 Å². The third-order valence-corrected chi connectivity index (χ3v) is 5.69. The molecule has 1 aromatic carbocycles. The van der Waals surface area contributed by atoms with E-state index in [0.717, 1.165) is 32.1 Å². The molecular formula is C21H28O4. The first-order chi connectivity index (χ1) is 11.9. The summed E-state index contributed by atoms with van der Waals surface area (Å²) >= 11 is 0. The minimum absolute atomic E-state index is 0.0373. The second-order valence-electron chi connectivity index (χ2n) is 7.50. The maximum absolute atomic E-state index is 11.8. The number of benzene rings is 1. The van der Waals surface area contributed by atoms with Crippen LogP contribution in [0.2, 0.25) is 0 Å². The van der Waals surface area contributed by atoms with Crippen LogP contribution in [0.3, 0.4) is 0 Å². The maximum atomic E-state index is 11.8. The van der Waals surface area contributed by atoms with Crippen molar-refractivity contribution < 1.29 is 19.7 Å². The molecule has 2 aliphatic rings. The van der Waals surface area contributed by atoms with Crippen LogP contribution in [0.25, 0.3) is 0 Å². The molecule has 1 aliphatic heterocycles. The number of aromatic hydroxyl groups is 1. The van der Waals surface area contributed by atoms with Crippen LogP contribution in [0.5, 0.6) is 11.5 Å². The predicted octanol–water partition coefficient (Wildman–Crippen LogP) is 5.04. The van der Waals surface area contributed by atoms with Gasteiger partial charge in [0.05, 0.1) is 6.10 Å². The van der Waals surface area contributed by atoms with E-state index in [0.29, 0.717) is 23.3 Å². The zero-order valence-corrected chi connectivity index (χ0v) is 15.3. The standard InChI is InChI=1S/C21H28O4/c1-4-5-6-7-14-11-17-19(20(22)18(14)21(23)24)16-10-12(2)8-9-15(16)13(3)25-17/h10-11,13,15-16,22H,4-9H2,1-3H3,(H,23,24)/t13-,15?,16-/m1/s1. The molecule has 4 nitrogen and oxygen atoms in total. The van der Waals surface area contributed by atoms with Crippen molar-refractivity contribution >= 4 is 5.97 Å². The Hall–Kier alpha value is -1.97. The molecule has 136 valence electrons. The lowest BCUT2D eigenvalue weighted by Crippen LogP contribution is -2.35. The van der Waals surface area contributed by atoms with E-state index in [1.165, 1.54) is 5.57 Å². The number of rotatable bonds is 5. The van der Waals surface area contributed by atoms with Crippen LogP contribution in [0.4, 0.5) is 0 Å². The van der Waals surface area contributed by atoms with Crippen molar-refractivity contribution in [3.8, 4) is 11.5 Å². The second-order valence-corrected chi connectivity index (χ2v) is 7.50. The van der Waals surface area contributed by atoms with Crippen LogP contribution in [0.15, 0.2) is 17.7 Å². The SMILES string of the molecule is CCCCCc1cc2c(c(O)c1C(=O)O)[C@@H]1C=C(C)CCC1[C@@H](C)O2. The Labute approximate surface area is 149 Å². The van der Waals surface area contributed by atoms with Gasteiger partial charge in [-0.1, -0.05) is 31.4 Å². The minimum Gasteiger partial charge on any atom is -0.507 e. The molecule has 4 heteroatoms. The fourth-order valence-electron chi connectivity index (χ4n) is 4.33. The van der Waals surface area contributed by atoms with Gasteiger partial charge in [-0.2, -0.15) is 0 Å². The molecule has 0 amide bonds. The van der Waals surface area contributed by atoms with Crippen molar-refractivity contribution in [2.24, 2.45) is 5.92 Å². The molecule has 0 fully saturated rings. The van der Waals surface area contributed by atoms with Gasteiger partial charge in [-0.05, 0) is 51.2 Å². The average molecular weight is 344 g/mol. The van der Waals surface area contributed by atoms with Crippen LogP contribution < -0.4 is 4.74 Å². The Morgan fingerprint density at radius 1 is 1.36 bits per heavy atom. The number of aromatic carboxylic acids is 1. The molecule has 2 N–H and O–H groups in total. The van der Waals surface area contributed by atoms with Crippen molar-refractivity contribution in [1.82, 2.24) is 0 Å². The van der Waals surface area contributed by atoms with Crippen molar-refractivity contribution in [2.45, 2.75) is 71.3 Å². The zero-order valence-electron chi connectivity index (χ0n) is 15.3. The van der Waals surface area contributed by atoms with Crippen molar-refractivity contribution in [1.29, 1.82) is 0 Å². The van der Waals surface area contributed by atoms with E-state index in [9.17, 15) is 15.0 Å². The Morgan fingerprint density at radius 2 is 2.12 bits per heavy atom. The molecule has 1 aliphatic carbocycles. The van der Waals surface area contributed by atoms with Gasteiger partial charge >= 0.3 is 5.97 Å². The van der Waals surface area contributed by atoms with Gasteiger partial charge in [0.25, 0.3) is 0 Å². The smallest absolute Gasteiger partial charge is 0.339 e. The number of unbranched alkanes of at least 4 members (excludes halogenated alkanes) is 2. The lowest BCUT2D eigenvalue weighted by atomic mass is 9.72.